The third-order valence-corrected chi connectivity index (χ3v) is 4.48. The lowest BCUT2D eigenvalue weighted by molar-refractivity contribution is -0.124. The molecule has 1 aromatic carbocycles. The van der Waals surface area contributed by atoms with E-state index in [1.165, 1.54) is 0 Å². The zero-order chi connectivity index (χ0) is 16.4. The summed E-state index contributed by atoms with van der Waals surface area (Å²) in [6.45, 7) is 1.46. The Morgan fingerprint density at radius 1 is 1.48 bits per heavy atom. The molecule has 1 aliphatic rings. The van der Waals surface area contributed by atoms with Gasteiger partial charge in [-0.05, 0) is 37.1 Å². The Labute approximate surface area is 139 Å². The predicted octanol–water partition coefficient (Wildman–Crippen LogP) is 2.72. The van der Waals surface area contributed by atoms with E-state index in [-0.39, 0.29) is 11.8 Å². The zero-order valence-corrected chi connectivity index (χ0v) is 13.6. The number of halogens is 1. The van der Waals surface area contributed by atoms with E-state index in [4.69, 9.17) is 11.6 Å². The minimum atomic E-state index is -0.0398. The molecule has 0 aliphatic carbocycles. The molecule has 118 valence electrons. The lowest BCUT2D eigenvalue weighted by Gasteiger charge is -2.32. The molecule has 1 aromatic heterocycles. The van der Waals surface area contributed by atoms with Gasteiger partial charge in [0.2, 0.25) is 5.91 Å². The second kappa shape index (κ2) is 6.43. The minimum Gasteiger partial charge on any atom is -0.359 e. The predicted molar refractivity (Wildman–Crippen MR) is 90.5 cm³/mol. The van der Waals surface area contributed by atoms with E-state index in [1.807, 2.05) is 6.07 Å². The van der Waals surface area contributed by atoms with Crippen LogP contribution >= 0.6 is 11.6 Å². The van der Waals surface area contributed by atoms with Crippen molar-refractivity contribution < 1.29 is 4.79 Å². The average Bonchev–Trinajstić information content (AvgIpc) is 2.60. The Hall–Kier alpha value is -2.32. The number of nitrogens with zero attached hydrogens (tertiary/aromatic N) is 3. The van der Waals surface area contributed by atoms with Gasteiger partial charge in [0.15, 0.2) is 0 Å². The van der Waals surface area contributed by atoms with Crippen molar-refractivity contribution >= 4 is 34.2 Å². The summed E-state index contributed by atoms with van der Waals surface area (Å²) in [6.07, 6.45) is 1.81. The number of benzene rings is 1. The molecule has 1 unspecified atom stereocenters. The van der Waals surface area contributed by atoms with E-state index in [1.54, 1.807) is 25.2 Å². The highest BCUT2D eigenvalue weighted by Gasteiger charge is 2.26. The number of carbonyl (C=O) groups is 1. The van der Waals surface area contributed by atoms with E-state index < -0.39 is 0 Å². The molecule has 1 amide bonds. The number of hydrogen-bond donors (Lipinski definition) is 1. The summed E-state index contributed by atoms with van der Waals surface area (Å²) in [4.78, 5) is 18.6. The van der Waals surface area contributed by atoms with Gasteiger partial charge in [0.25, 0.3) is 0 Å². The van der Waals surface area contributed by atoms with E-state index >= 15 is 0 Å². The fourth-order valence-electron chi connectivity index (χ4n) is 3.04. The summed E-state index contributed by atoms with van der Waals surface area (Å²) in [6, 6.07) is 9.35. The molecule has 1 fully saturated rings. The monoisotopic (exact) mass is 328 g/mol. The molecule has 2 heterocycles. The van der Waals surface area contributed by atoms with Gasteiger partial charge in [-0.3, -0.25) is 4.79 Å². The van der Waals surface area contributed by atoms with Crippen LogP contribution in [0.15, 0.2) is 24.3 Å². The highest BCUT2D eigenvalue weighted by Crippen LogP contribution is 2.28. The number of anilines is 1. The first-order chi connectivity index (χ1) is 11.1. The summed E-state index contributed by atoms with van der Waals surface area (Å²) < 4.78 is 0. The van der Waals surface area contributed by atoms with Crippen LogP contribution in [0.3, 0.4) is 0 Å². The number of rotatable bonds is 2. The maximum Gasteiger partial charge on any atom is 0.224 e. The maximum atomic E-state index is 11.9. The summed E-state index contributed by atoms with van der Waals surface area (Å²) in [5.41, 5.74) is 1.29. The van der Waals surface area contributed by atoms with Crippen LogP contribution in [-0.2, 0) is 4.79 Å². The van der Waals surface area contributed by atoms with Crippen LogP contribution in [0.1, 0.15) is 18.4 Å². The van der Waals surface area contributed by atoms with E-state index in [0.717, 1.165) is 36.1 Å². The summed E-state index contributed by atoms with van der Waals surface area (Å²) >= 11 is 6.01. The molecule has 1 saturated heterocycles. The second-order valence-corrected chi connectivity index (χ2v) is 6.14. The molecule has 1 atom stereocenters. The summed E-state index contributed by atoms with van der Waals surface area (Å²) in [5, 5.41) is 13.5. The smallest absolute Gasteiger partial charge is 0.224 e. The van der Waals surface area contributed by atoms with Crippen molar-refractivity contribution in [2.24, 2.45) is 5.92 Å². The quantitative estimate of drug-likeness (QED) is 0.920. The third-order valence-electron chi connectivity index (χ3n) is 4.24. The normalized spacial score (nSPS) is 17.8. The lowest BCUT2D eigenvalue weighted by atomic mass is 9.97. The first-order valence-electron chi connectivity index (χ1n) is 7.59. The molecule has 3 rings (SSSR count). The number of hydrogen-bond acceptors (Lipinski definition) is 4. The van der Waals surface area contributed by atoms with Crippen molar-refractivity contribution in [3.8, 4) is 6.07 Å². The Morgan fingerprint density at radius 2 is 2.30 bits per heavy atom. The van der Waals surface area contributed by atoms with Crippen LogP contribution < -0.4 is 10.2 Å². The van der Waals surface area contributed by atoms with Gasteiger partial charge in [0, 0.05) is 30.5 Å². The molecule has 5 nitrogen and oxygen atoms in total. The van der Waals surface area contributed by atoms with E-state index in [9.17, 15) is 10.1 Å². The number of piperidine rings is 1. The average molecular weight is 329 g/mol. The Morgan fingerprint density at radius 3 is 3.04 bits per heavy atom. The van der Waals surface area contributed by atoms with Crippen LogP contribution in [0.5, 0.6) is 0 Å². The largest absolute Gasteiger partial charge is 0.359 e. The van der Waals surface area contributed by atoms with Gasteiger partial charge in [-0.1, -0.05) is 11.6 Å². The van der Waals surface area contributed by atoms with Gasteiger partial charge >= 0.3 is 0 Å². The topological polar surface area (TPSA) is 69.0 Å². The van der Waals surface area contributed by atoms with Gasteiger partial charge in [0.1, 0.15) is 5.82 Å². The molecule has 1 N–H and O–H groups in total. The van der Waals surface area contributed by atoms with Crippen molar-refractivity contribution in [1.82, 2.24) is 10.3 Å². The lowest BCUT2D eigenvalue weighted by Crippen LogP contribution is -2.42. The third kappa shape index (κ3) is 3.08. The molecule has 1 aliphatic heterocycles. The minimum absolute atomic E-state index is 0.0398. The summed E-state index contributed by atoms with van der Waals surface area (Å²) in [5.74, 6) is 0.759. The van der Waals surface area contributed by atoms with Crippen LogP contribution in [0.4, 0.5) is 5.82 Å². The first-order valence-corrected chi connectivity index (χ1v) is 7.97. The Balaban J connectivity index is 1.98. The molecule has 0 bridgehead atoms. The Bertz CT molecular complexity index is 799. The number of aromatic nitrogens is 1. The highest BCUT2D eigenvalue weighted by atomic mass is 35.5. The SMILES string of the molecule is CNC(=O)C1CCCN(c2cc(C#N)c3cc(Cl)ccc3n2)C1. The standard InChI is InChI=1S/C17H17ClN4O/c1-20-17(23)11-3-2-6-22(10-11)16-7-12(9-19)14-8-13(18)4-5-15(14)21-16/h4-5,7-8,11H,2-3,6,10H2,1H3,(H,20,23). The number of pyridine rings is 1. The van der Waals surface area contributed by atoms with E-state index in [0.29, 0.717) is 17.1 Å². The van der Waals surface area contributed by atoms with Crippen molar-refractivity contribution in [3.63, 3.8) is 0 Å². The van der Waals surface area contributed by atoms with Gasteiger partial charge in [-0.15, -0.1) is 0 Å². The molecular formula is C17H17ClN4O. The number of amides is 1. The number of fused-ring (bicyclic) bond motifs is 1. The van der Waals surface area contributed by atoms with Crippen LogP contribution in [0, 0.1) is 17.2 Å². The van der Waals surface area contributed by atoms with Crippen LogP contribution in [0.25, 0.3) is 10.9 Å². The second-order valence-electron chi connectivity index (χ2n) is 5.70. The van der Waals surface area contributed by atoms with Gasteiger partial charge in [-0.2, -0.15) is 5.26 Å². The maximum absolute atomic E-state index is 11.9. The molecule has 2 aromatic rings. The van der Waals surface area contributed by atoms with Crippen molar-refractivity contribution in [2.45, 2.75) is 12.8 Å². The van der Waals surface area contributed by atoms with Gasteiger partial charge < -0.3 is 10.2 Å². The molecule has 0 radical (unpaired) electrons. The van der Waals surface area contributed by atoms with Crippen LogP contribution in [0.2, 0.25) is 5.02 Å². The van der Waals surface area contributed by atoms with Crippen molar-refractivity contribution in [2.75, 3.05) is 25.0 Å². The Kier molecular flexibility index (Phi) is 4.35. The molecule has 0 spiro atoms. The van der Waals surface area contributed by atoms with Crippen molar-refractivity contribution in [3.05, 3.63) is 34.9 Å². The van der Waals surface area contributed by atoms with E-state index in [2.05, 4.69) is 21.3 Å². The molecular weight excluding hydrogens is 312 g/mol. The number of carbonyl (C=O) groups excluding carboxylic acids is 1. The molecule has 23 heavy (non-hydrogen) atoms. The first kappa shape index (κ1) is 15.6. The van der Waals surface area contributed by atoms with Gasteiger partial charge in [-0.25, -0.2) is 4.98 Å². The number of nitrogens with one attached hydrogen (secondary N) is 1. The molecule has 0 saturated carbocycles. The highest BCUT2D eigenvalue weighted by molar-refractivity contribution is 6.31. The summed E-state index contributed by atoms with van der Waals surface area (Å²) in [7, 11) is 1.66. The fraction of sp³-hybridized carbons (Fsp3) is 0.353. The molecule has 6 heteroatoms. The zero-order valence-electron chi connectivity index (χ0n) is 12.8. The van der Waals surface area contributed by atoms with Crippen molar-refractivity contribution in [1.29, 1.82) is 5.26 Å². The van der Waals surface area contributed by atoms with Gasteiger partial charge in [0.05, 0.1) is 23.1 Å². The fourth-order valence-corrected chi connectivity index (χ4v) is 3.21. The van der Waals surface area contributed by atoms with Crippen LogP contribution in [-0.4, -0.2) is 31.0 Å². The number of nitriles is 1.